The minimum absolute atomic E-state index is 0.106. The lowest BCUT2D eigenvalue weighted by molar-refractivity contribution is -0.119. The van der Waals surface area contributed by atoms with Gasteiger partial charge < -0.3 is 19.8 Å². The van der Waals surface area contributed by atoms with Gasteiger partial charge in [0.15, 0.2) is 12.3 Å². The van der Waals surface area contributed by atoms with Crippen LogP contribution >= 0.6 is 0 Å². The van der Waals surface area contributed by atoms with Crippen LogP contribution in [0.2, 0.25) is 0 Å². The van der Waals surface area contributed by atoms with E-state index in [9.17, 15) is 14.4 Å². The lowest BCUT2D eigenvalue weighted by Crippen LogP contribution is -2.26. The maximum Gasteiger partial charge on any atom is 0.359 e. The Morgan fingerprint density at radius 2 is 1.74 bits per heavy atom. The average Bonchev–Trinajstić information content (AvgIpc) is 3.25. The molecule has 0 bridgehead atoms. The predicted molar refractivity (Wildman–Crippen MR) is 128 cm³/mol. The Balaban J connectivity index is 1.34. The molecule has 8 nitrogen and oxygen atoms in total. The smallest absolute Gasteiger partial charge is 0.359 e. The third-order valence-corrected chi connectivity index (χ3v) is 5.18. The van der Waals surface area contributed by atoms with E-state index >= 15 is 0 Å². The van der Waals surface area contributed by atoms with Gasteiger partial charge in [-0.1, -0.05) is 42.0 Å². The number of imidazole rings is 1. The van der Waals surface area contributed by atoms with Gasteiger partial charge in [-0.25, -0.2) is 9.78 Å². The number of nitrogens with one attached hydrogen (secondary N) is 2. The predicted octanol–water partition coefficient (Wildman–Crippen LogP) is 3.68. The number of aromatic nitrogens is 2. The molecule has 4 aromatic rings. The number of rotatable bonds is 7. The van der Waals surface area contributed by atoms with Gasteiger partial charge >= 0.3 is 5.97 Å². The van der Waals surface area contributed by atoms with Gasteiger partial charge in [-0.3, -0.25) is 9.59 Å². The average molecular weight is 457 g/mol. The molecule has 2 heterocycles. The van der Waals surface area contributed by atoms with Gasteiger partial charge in [-0.15, -0.1) is 0 Å². The first-order valence-corrected chi connectivity index (χ1v) is 10.7. The van der Waals surface area contributed by atoms with Crippen LogP contribution in [0.1, 0.15) is 37.5 Å². The van der Waals surface area contributed by atoms with E-state index in [-0.39, 0.29) is 11.6 Å². The molecule has 0 unspecified atom stereocenters. The number of amides is 2. The lowest BCUT2D eigenvalue weighted by Gasteiger charge is -2.12. The molecule has 0 saturated heterocycles. The number of ether oxygens (including phenoxy) is 1. The monoisotopic (exact) mass is 456 g/mol. The summed E-state index contributed by atoms with van der Waals surface area (Å²) in [6, 6.07) is 18.2. The number of esters is 1. The highest BCUT2D eigenvalue weighted by molar-refractivity contribution is 6.04. The van der Waals surface area contributed by atoms with E-state index in [0.717, 1.165) is 16.7 Å². The van der Waals surface area contributed by atoms with E-state index in [1.807, 2.05) is 50.2 Å². The van der Waals surface area contributed by atoms with Crippen molar-refractivity contribution < 1.29 is 19.1 Å². The van der Waals surface area contributed by atoms with Crippen LogP contribution in [0.25, 0.3) is 5.65 Å². The minimum Gasteiger partial charge on any atom is -0.451 e. The quantitative estimate of drug-likeness (QED) is 0.413. The number of carbonyl (C=O) groups excluding carboxylic acids is 3. The van der Waals surface area contributed by atoms with Crippen molar-refractivity contribution in [1.29, 1.82) is 0 Å². The third kappa shape index (κ3) is 5.47. The SMILES string of the molecule is Cc1ccc(CNC(=O)c2ccccc2NC(=O)COC(=O)c2cn3ccc(C)cc3n2)cc1. The van der Waals surface area contributed by atoms with Crippen LogP contribution in [-0.4, -0.2) is 33.8 Å². The molecule has 0 fully saturated rings. The molecule has 2 aromatic carbocycles. The molecule has 2 amide bonds. The van der Waals surface area contributed by atoms with E-state index in [4.69, 9.17) is 4.74 Å². The van der Waals surface area contributed by atoms with Crippen molar-refractivity contribution in [3.05, 3.63) is 101 Å². The first kappa shape index (κ1) is 22.7. The second-order valence-electron chi connectivity index (χ2n) is 7.93. The van der Waals surface area contributed by atoms with Gasteiger partial charge in [-0.05, 0) is 49.2 Å². The van der Waals surface area contributed by atoms with E-state index in [2.05, 4.69) is 15.6 Å². The normalized spacial score (nSPS) is 10.6. The highest BCUT2D eigenvalue weighted by Gasteiger charge is 2.17. The second-order valence-corrected chi connectivity index (χ2v) is 7.93. The number of carbonyl (C=O) groups is 3. The zero-order chi connectivity index (χ0) is 24.1. The highest BCUT2D eigenvalue weighted by atomic mass is 16.5. The van der Waals surface area contributed by atoms with Gasteiger partial charge in [-0.2, -0.15) is 0 Å². The molecule has 34 heavy (non-hydrogen) atoms. The number of fused-ring (bicyclic) bond motifs is 1. The molecule has 0 radical (unpaired) electrons. The van der Waals surface area contributed by atoms with Crippen LogP contribution in [0.3, 0.4) is 0 Å². The molecular formula is C26H24N4O4. The molecule has 0 atom stereocenters. The zero-order valence-electron chi connectivity index (χ0n) is 18.9. The van der Waals surface area contributed by atoms with Crippen molar-refractivity contribution in [2.24, 2.45) is 0 Å². The van der Waals surface area contributed by atoms with Gasteiger partial charge in [0.25, 0.3) is 11.8 Å². The van der Waals surface area contributed by atoms with Gasteiger partial charge in [0.05, 0.1) is 11.3 Å². The van der Waals surface area contributed by atoms with E-state index in [1.54, 1.807) is 41.1 Å². The Morgan fingerprint density at radius 3 is 2.53 bits per heavy atom. The Labute approximate surface area is 196 Å². The fraction of sp³-hybridized carbons (Fsp3) is 0.154. The summed E-state index contributed by atoms with van der Waals surface area (Å²) < 4.78 is 6.81. The molecule has 172 valence electrons. The Hall–Kier alpha value is -4.46. The van der Waals surface area contributed by atoms with Crippen molar-refractivity contribution in [1.82, 2.24) is 14.7 Å². The first-order valence-electron chi connectivity index (χ1n) is 10.7. The van der Waals surface area contributed by atoms with Crippen molar-refractivity contribution in [3.63, 3.8) is 0 Å². The minimum atomic E-state index is -0.708. The summed E-state index contributed by atoms with van der Waals surface area (Å²) in [5.41, 5.74) is 4.47. The summed E-state index contributed by atoms with van der Waals surface area (Å²) in [4.78, 5) is 41.7. The summed E-state index contributed by atoms with van der Waals surface area (Å²) >= 11 is 0. The van der Waals surface area contributed by atoms with E-state index in [1.165, 1.54) is 0 Å². The van der Waals surface area contributed by atoms with Gasteiger partial charge in [0, 0.05) is 18.9 Å². The Kier molecular flexibility index (Phi) is 6.68. The number of pyridine rings is 1. The highest BCUT2D eigenvalue weighted by Crippen LogP contribution is 2.16. The van der Waals surface area contributed by atoms with Crippen LogP contribution in [0.4, 0.5) is 5.69 Å². The fourth-order valence-electron chi connectivity index (χ4n) is 3.35. The number of aryl methyl sites for hydroxylation is 2. The molecule has 0 aliphatic carbocycles. The van der Waals surface area contributed by atoms with Crippen molar-refractivity contribution in [2.75, 3.05) is 11.9 Å². The van der Waals surface area contributed by atoms with Crippen LogP contribution < -0.4 is 10.6 Å². The standard InChI is InChI=1S/C26H24N4O4/c1-17-7-9-19(10-8-17)14-27-25(32)20-5-3-4-6-21(20)29-24(31)16-34-26(33)22-15-30-12-11-18(2)13-23(30)28-22/h3-13,15H,14,16H2,1-2H3,(H,27,32)(H,29,31). The molecule has 4 rings (SSSR count). The van der Waals surface area contributed by atoms with Crippen LogP contribution in [0, 0.1) is 13.8 Å². The van der Waals surface area contributed by atoms with Crippen molar-refractivity contribution in [2.45, 2.75) is 20.4 Å². The lowest BCUT2D eigenvalue weighted by atomic mass is 10.1. The fourth-order valence-corrected chi connectivity index (χ4v) is 3.35. The molecule has 0 spiro atoms. The largest absolute Gasteiger partial charge is 0.451 e. The molecule has 0 aliphatic heterocycles. The first-order chi connectivity index (χ1) is 16.4. The molecule has 0 aliphatic rings. The number of anilines is 1. The number of para-hydroxylation sites is 1. The third-order valence-electron chi connectivity index (χ3n) is 5.18. The second kappa shape index (κ2) is 9.99. The molecule has 8 heteroatoms. The Morgan fingerprint density at radius 1 is 0.971 bits per heavy atom. The Bertz CT molecular complexity index is 1360. The molecule has 2 aromatic heterocycles. The van der Waals surface area contributed by atoms with Gasteiger partial charge in [0.2, 0.25) is 0 Å². The number of nitrogens with zero attached hydrogens (tertiary/aromatic N) is 2. The summed E-state index contributed by atoms with van der Waals surface area (Å²) in [6.45, 7) is 3.77. The molecule has 2 N–H and O–H groups in total. The summed E-state index contributed by atoms with van der Waals surface area (Å²) in [7, 11) is 0. The maximum absolute atomic E-state index is 12.7. The van der Waals surface area contributed by atoms with Crippen LogP contribution in [0.15, 0.2) is 73.1 Å². The number of hydrogen-bond acceptors (Lipinski definition) is 5. The molecular weight excluding hydrogens is 432 g/mol. The van der Waals surface area contributed by atoms with E-state index < -0.39 is 18.5 Å². The summed E-state index contributed by atoms with van der Waals surface area (Å²) in [6.07, 6.45) is 3.34. The van der Waals surface area contributed by atoms with E-state index in [0.29, 0.717) is 23.4 Å². The van der Waals surface area contributed by atoms with Crippen molar-refractivity contribution in [3.8, 4) is 0 Å². The zero-order valence-corrected chi connectivity index (χ0v) is 18.9. The number of hydrogen-bond donors (Lipinski definition) is 2. The number of benzene rings is 2. The molecule has 0 saturated carbocycles. The topological polar surface area (TPSA) is 102 Å². The summed E-state index contributed by atoms with van der Waals surface area (Å²) in [5, 5.41) is 5.49. The summed E-state index contributed by atoms with van der Waals surface area (Å²) in [5.74, 6) is -1.60. The van der Waals surface area contributed by atoms with Crippen molar-refractivity contribution >= 4 is 29.1 Å². The van der Waals surface area contributed by atoms with Gasteiger partial charge in [0.1, 0.15) is 5.65 Å². The van der Waals surface area contributed by atoms with Crippen LogP contribution in [0.5, 0.6) is 0 Å². The maximum atomic E-state index is 12.7. The van der Waals surface area contributed by atoms with Crippen LogP contribution in [-0.2, 0) is 16.1 Å².